The fraction of sp³-hybridized carbons (Fsp3) is 0.302. The normalized spacial score (nSPS) is 23.6. The Labute approximate surface area is 667 Å². The zero-order valence-electron chi connectivity index (χ0n) is 60.6. The van der Waals surface area contributed by atoms with Gasteiger partial charge in [0, 0.05) is 0 Å². The molecule has 9 aromatic rings. The van der Waals surface area contributed by atoms with Crippen LogP contribution in [0, 0.1) is 0 Å². The van der Waals surface area contributed by atoms with Crippen LogP contribution >= 0.6 is 46.6 Å². The van der Waals surface area contributed by atoms with Crippen molar-refractivity contribution in [3.63, 3.8) is 0 Å². The molecule has 3 aliphatic heterocycles. The summed E-state index contributed by atoms with van der Waals surface area (Å²) in [6.45, 7) is -0.381. The number of alkyl halides is 3. The van der Waals surface area contributed by atoms with Crippen LogP contribution in [-0.2, 0) is 97.5 Å². The van der Waals surface area contributed by atoms with Gasteiger partial charge in [-0.1, -0.05) is 254 Å². The maximum absolute atomic E-state index is 15.0. The fourth-order valence-corrected chi connectivity index (χ4v) is 13.9. The molecule has 15 atom stereocenters. The van der Waals surface area contributed by atoms with E-state index in [2.05, 4.69) is 5.32 Å². The molecule has 0 spiro atoms. The molecule has 584 valence electrons. The van der Waals surface area contributed by atoms with Crippen LogP contribution in [0.3, 0.4) is 0 Å². The van der Waals surface area contributed by atoms with Gasteiger partial charge in [0.05, 0.1) is 74.1 Å². The third kappa shape index (κ3) is 23.3. The number of hydrogen-bond acceptors (Lipinski definition) is 22. The number of hydrogen-bond donors (Lipinski definition) is 1. The Hall–Kier alpha value is -9.54. The van der Waals surface area contributed by atoms with Crippen molar-refractivity contribution in [1.82, 2.24) is 5.32 Å². The van der Waals surface area contributed by atoms with Gasteiger partial charge >= 0.3 is 35.9 Å². The zero-order valence-corrected chi connectivity index (χ0v) is 63.7. The van der Waals surface area contributed by atoms with Gasteiger partial charge < -0.3 is 76.4 Å². The molecule has 1 N–H and O–H groups in total. The van der Waals surface area contributed by atoms with Crippen molar-refractivity contribution in [2.75, 3.05) is 32.2 Å². The molecule has 22 nitrogen and oxygen atoms in total. The van der Waals surface area contributed by atoms with Crippen molar-refractivity contribution in [2.45, 2.75) is 128 Å². The van der Waals surface area contributed by atoms with Crippen molar-refractivity contribution < 1.29 is 99.8 Å². The molecule has 12 rings (SSSR count). The first-order valence-corrected chi connectivity index (χ1v) is 38.5. The van der Waals surface area contributed by atoms with Gasteiger partial charge in [0.2, 0.25) is 3.79 Å². The zero-order chi connectivity index (χ0) is 78.0. The van der Waals surface area contributed by atoms with Crippen molar-refractivity contribution in [3.8, 4) is 0 Å². The smallest absolute Gasteiger partial charge is 0.407 e. The molecule has 3 heterocycles. The molecular formula is C86H82Cl3NO21S. The molecule has 15 unspecified atom stereocenters. The number of amides is 1. The van der Waals surface area contributed by atoms with E-state index in [1.54, 1.807) is 127 Å². The van der Waals surface area contributed by atoms with Gasteiger partial charge in [-0.15, -0.1) is 11.8 Å². The Morgan fingerprint density at radius 2 is 0.670 bits per heavy atom. The number of halogens is 3. The van der Waals surface area contributed by atoms with E-state index in [0.29, 0.717) is 5.75 Å². The Bertz CT molecular complexity index is 4410. The second-order valence-corrected chi connectivity index (χ2v) is 30.0. The summed E-state index contributed by atoms with van der Waals surface area (Å²) in [5, 5.41) is 2.69. The average Bonchev–Trinajstić information content (AvgIpc) is 0.778. The van der Waals surface area contributed by atoms with Gasteiger partial charge in [0.15, 0.2) is 43.1 Å². The summed E-state index contributed by atoms with van der Waals surface area (Å²) < 4.78 is 98.4. The Morgan fingerprint density at radius 3 is 1.08 bits per heavy atom. The van der Waals surface area contributed by atoms with Crippen LogP contribution in [0.15, 0.2) is 273 Å². The van der Waals surface area contributed by atoms with Crippen LogP contribution in [0.2, 0.25) is 0 Å². The van der Waals surface area contributed by atoms with E-state index in [4.69, 9.17) is 106 Å². The summed E-state index contributed by atoms with van der Waals surface area (Å²) in [5.41, 5.74) is 2.61. The molecule has 3 aliphatic rings. The largest absolute Gasteiger partial charge is 0.452 e. The van der Waals surface area contributed by atoms with Crippen LogP contribution in [0.1, 0.15) is 81.0 Å². The number of carbonyl (C=O) groups excluding carboxylic acids is 6. The van der Waals surface area contributed by atoms with Gasteiger partial charge in [0.1, 0.15) is 54.7 Å². The summed E-state index contributed by atoms with van der Waals surface area (Å²) in [6.07, 6.45) is -20.9. The van der Waals surface area contributed by atoms with Crippen LogP contribution in [0.5, 0.6) is 0 Å². The first-order chi connectivity index (χ1) is 54.6. The van der Waals surface area contributed by atoms with Crippen LogP contribution in [0.4, 0.5) is 4.79 Å². The summed E-state index contributed by atoms with van der Waals surface area (Å²) in [5.74, 6) is -4.01. The number of esters is 5. The first kappa shape index (κ1) is 81.9. The number of alkyl carbamates (subject to hydrolysis) is 1. The quantitative estimate of drug-likeness (QED) is 0.0228. The second-order valence-electron chi connectivity index (χ2n) is 26.1. The molecule has 0 saturated carbocycles. The van der Waals surface area contributed by atoms with E-state index in [9.17, 15) is 24.0 Å². The predicted octanol–water partition coefficient (Wildman–Crippen LogP) is 14.5. The minimum absolute atomic E-state index is 0.00740. The number of ether oxygens (including phenoxy) is 15. The van der Waals surface area contributed by atoms with Gasteiger partial charge in [-0.05, 0) is 88.7 Å². The monoisotopic (exact) mass is 1600 g/mol. The van der Waals surface area contributed by atoms with E-state index in [1.807, 2.05) is 128 Å². The van der Waals surface area contributed by atoms with Crippen molar-refractivity contribution in [1.29, 1.82) is 0 Å². The Balaban J connectivity index is 0.974. The Kier molecular flexibility index (Phi) is 30.2. The molecule has 9 aromatic carbocycles. The number of benzene rings is 9. The highest BCUT2D eigenvalue weighted by Gasteiger charge is 2.57. The van der Waals surface area contributed by atoms with E-state index in [1.165, 1.54) is 36.0 Å². The first-order valence-electron chi connectivity index (χ1n) is 36.3. The fourth-order valence-electron chi connectivity index (χ4n) is 12.7. The predicted molar refractivity (Wildman–Crippen MR) is 414 cm³/mol. The highest BCUT2D eigenvalue weighted by Crippen LogP contribution is 2.39. The van der Waals surface area contributed by atoms with Gasteiger partial charge in [-0.2, -0.15) is 0 Å². The number of nitrogens with one attached hydrogen (secondary N) is 1. The molecule has 0 bridgehead atoms. The van der Waals surface area contributed by atoms with E-state index in [0.717, 1.165) is 22.3 Å². The van der Waals surface area contributed by atoms with E-state index >= 15 is 4.79 Å². The SMILES string of the molecule is CCSC1OC(COC2OC(COC3OC(COCc4ccccc4)C(OCc4ccccc4)C(OCc4ccccc4)C3OC(=O)c3ccccc3)C(OC(=O)c3ccccc3)C(OC(=O)c3ccccc3)C2NC(=O)OCC(Cl)(Cl)Cl)C(OC(=O)c2ccccc2)C(OC(=O)c2ccccc2)C1OCc1ccccc1. The summed E-state index contributed by atoms with van der Waals surface area (Å²) in [4.78, 5) is 88.8. The van der Waals surface area contributed by atoms with Crippen LogP contribution in [-0.4, -0.2) is 163 Å². The average molecular weight is 1600 g/mol. The number of rotatable bonds is 33. The highest BCUT2D eigenvalue weighted by atomic mass is 35.6. The van der Waals surface area contributed by atoms with E-state index in [-0.39, 0.29) is 60.9 Å². The van der Waals surface area contributed by atoms with Gasteiger partial charge in [-0.25, -0.2) is 28.8 Å². The lowest BCUT2D eigenvalue weighted by molar-refractivity contribution is -0.333. The lowest BCUT2D eigenvalue weighted by Crippen LogP contribution is -2.68. The van der Waals surface area contributed by atoms with Gasteiger partial charge in [0.25, 0.3) is 0 Å². The van der Waals surface area contributed by atoms with Crippen molar-refractivity contribution >= 4 is 82.5 Å². The second kappa shape index (κ2) is 41.3. The van der Waals surface area contributed by atoms with E-state index < -0.39 is 151 Å². The molecule has 0 aliphatic carbocycles. The molecule has 3 saturated heterocycles. The number of carbonyl (C=O) groups is 6. The lowest BCUT2D eigenvalue weighted by Gasteiger charge is -2.48. The molecule has 26 heteroatoms. The third-order valence-corrected chi connectivity index (χ3v) is 19.5. The summed E-state index contributed by atoms with van der Waals surface area (Å²) >= 11 is 19.9. The molecule has 1 amide bonds. The molecular weight excluding hydrogens is 1520 g/mol. The van der Waals surface area contributed by atoms with Gasteiger partial charge in [-0.3, -0.25) is 0 Å². The standard InChI is InChI=1S/C86H82Cl3NO21S/c1-2-112-84-76(100-51-59-36-18-6-19-37-59)74(110-80(94)63-44-26-10-27-45-63)71(108-78(92)61-40-22-8-23-41-61)67(106-84)54-101-82-68(90-85(96)103-55-86(87,88)89)72(109-79(93)62-42-24-9-25-43-62)70(107-77(91)60-38-20-7-21-39-60)66(104-82)53-102-83-75(111-81(95)64-46-28-11-29-47-64)73(99-50-58-34-16-5-17-35-58)69(98-49-57-32-14-4-15-33-57)65(105-83)52-97-48-56-30-12-3-13-31-56/h3-47,65-76,82-84H,2,48-55H2,1H3,(H,90,96). The van der Waals surface area contributed by atoms with Crippen molar-refractivity contribution in [3.05, 3.63) is 323 Å². The molecule has 3 fully saturated rings. The maximum atomic E-state index is 15.0. The molecule has 112 heavy (non-hydrogen) atoms. The third-order valence-electron chi connectivity index (χ3n) is 18.2. The maximum Gasteiger partial charge on any atom is 0.407 e. The van der Waals surface area contributed by atoms with Crippen molar-refractivity contribution in [2.24, 2.45) is 0 Å². The number of thioether (sulfide) groups is 1. The molecule has 0 aromatic heterocycles. The Morgan fingerprint density at radius 1 is 0.348 bits per heavy atom. The van der Waals surface area contributed by atoms with Crippen LogP contribution < -0.4 is 5.32 Å². The highest BCUT2D eigenvalue weighted by molar-refractivity contribution is 7.99. The summed E-state index contributed by atoms with van der Waals surface area (Å²) in [7, 11) is 0. The summed E-state index contributed by atoms with van der Waals surface area (Å²) in [6, 6.07) is 75.9. The minimum Gasteiger partial charge on any atom is -0.452 e. The lowest BCUT2D eigenvalue weighted by atomic mass is 9.95. The van der Waals surface area contributed by atoms with Crippen LogP contribution in [0.25, 0.3) is 0 Å². The minimum atomic E-state index is -2.16. The topological polar surface area (TPSA) is 253 Å². The molecule has 0 radical (unpaired) electrons.